The number of morpholine rings is 1. The predicted molar refractivity (Wildman–Crippen MR) is 114 cm³/mol. The summed E-state index contributed by atoms with van der Waals surface area (Å²) >= 11 is 0. The molecule has 1 aromatic heterocycles. The Kier molecular flexibility index (Phi) is 6.16. The molecule has 1 amide bonds. The van der Waals surface area contributed by atoms with Gasteiger partial charge in [-0.05, 0) is 44.7 Å². The molecule has 4 rings (SSSR count). The molecular weight excluding hydrogens is 368 g/mol. The van der Waals surface area contributed by atoms with Crippen molar-refractivity contribution in [3.8, 4) is 0 Å². The number of carbonyl (C=O) groups is 1. The van der Waals surface area contributed by atoms with Crippen molar-refractivity contribution < 1.29 is 9.53 Å². The zero-order valence-corrected chi connectivity index (χ0v) is 17.1. The topological polar surface area (TPSA) is 68.5 Å². The predicted octanol–water partition coefficient (Wildman–Crippen LogP) is 2.05. The van der Waals surface area contributed by atoms with Crippen LogP contribution in [0.5, 0.6) is 0 Å². The standard InChI is InChI=1S/C22H30N4O3/c1-17(15-24-11-13-29-14-12-24)23-21(27)16-25-19-9-5-6-10-20(19)26(22(25)28)18-7-3-2-4-8-18/h5-7,9-10,17H,2-4,8,11-16H2,1H3,(H,23,27). The third kappa shape index (κ3) is 4.46. The number of imidazole rings is 1. The van der Waals surface area contributed by atoms with Gasteiger partial charge in [0, 0.05) is 31.4 Å². The molecule has 2 aromatic rings. The summed E-state index contributed by atoms with van der Waals surface area (Å²) in [5.74, 6) is -0.131. The second-order valence-corrected chi connectivity index (χ2v) is 8.02. The lowest BCUT2D eigenvalue weighted by Gasteiger charge is -2.29. The fourth-order valence-electron chi connectivity index (χ4n) is 4.34. The number of ether oxygens (including phenoxy) is 1. The van der Waals surface area contributed by atoms with Crippen LogP contribution in [0.2, 0.25) is 0 Å². The van der Waals surface area contributed by atoms with Crippen molar-refractivity contribution in [3.63, 3.8) is 0 Å². The van der Waals surface area contributed by atoms with E-state index in [4.69, 9.17) is 4.74 Å². The van der Waals surface area contributed by atoms with Gasteiger partial charge in [0.25, 0.3) is 0 Å². The number of hydrogen-bond acceptors (Lipinski definition) is 4. The average Bonchev–Trinajstić information content (AvgIpc) is 3.01. The highest BCUT2D eigenvalue weighted by atomic mass is 16.5. The third-order valence-corrected chi connectivity index (χ3v) is 5.73. The van der Waals surface area contributed by atoms with Gasteiger partial charge in [-0.25, -0.2) is 4.79 Å². The fourth-order valence-corrected chi connectivity index (χ4v) is 4.34. The molecule has 2 aliphatic rings. The summed E-state index contributed by atoms with van der Waals surface area (Å²) in [4.78, 5) is 28.2. The van der Waals surface area contributed by atoms with Crippen LogP contribution in [0.3, 0.4) is 0 Å². The van der Waals surface area contributed by atoms with Gasteiger partial charge in [0.2, 0.25) is 5.91 Å². The Balaban J connectivity index is 1.51. The van der Waals surface area contributed by atoms with E-state index in [-0.39, 0.29) is 24.2 Å². The van der Waals surface area contributed by atoms with E-state index in [2.05, 4.69) is 16.3 Å². The van der Waals surface area contributed by atoms with E-state index in [9.17, 15) is 9.59 Å². The summed E-state index contributed by atoms with van der Waals surface area (Å²) in [6.07, 6.45) is 6.32. The molecule has 1 saturated heterocycles. The Hall–Kier alpha value is -2.38. The van der Waals surface area contributed by atoms with Gasteiger partial charge < -0.3 is 10.1 Å². The largest absolute Gasteiger partial charge is 0.379 e. The van der Waals surface area contributed by atoms with Crippen LogP contribution < -0.4 is 11.0 Å². The van der Waals surface area contributed by atoms with Crippen LogP contribution in [0.1, 0.15) is 32.6 Å². The second-order valence-electron chi connectivity index (χ2n) is 8.02. The van der Waals surface area contributed by atoms with Crippen molar-refractivity contribution >= 4 is 22.6 Å². The second kappa shape index (κ2) is 8.97. The minimum Gasteiger partial charge on any atom is -0.379 e. The number of hydrogen-bond donors (Lipinski definition) is 1. The average molecular weight is 399 g/mol. The van der Waals surface area contributed by atoms with E-state index in [0.29, 0.717) is 0 Å². The number of fused-ring (bicyclic) bond motifs is 1. The molecule has 0 bridgehead atoms. The fraction of sp³-hybridized carbons (Fsp3) is 0.545. The Bertz CT molecular complexity index is 953. The van der Waals surface area contributed by atoms with Crippen molar-refractivity contribution in [2.45, 2.75) is 45.2 Å². The van der Waals surface area contributed by atoms with Crippen LogP contribution in [0.4, 0.5) is 0 Å². The molecule has 2 heterocycles. The van der Waals surface area contributed by atoms with Gasteiger partial charge in [0.15, 0.2) is 0 Å². The van der Waals surface area contributed by atoms with Gasteiger partial charge in [-0.1, -0.05) is 18.2 Å². The molecule has 1 fully saturated rings. The molecular formula is C22H30N4O3. The summed E-state index contributed by atoms with van der Waals surface area (Å²) in [5.41, 5.74) is 2.60. The van der Waals surface area contributed by atoms with Crippen LogP contribution in [-0.4, -0.2) is 58.8 Å². The lowest BCUT2D eigenvalue weighted by atomic mass is 10.0. The number of rotatable bonds is 6. The maximum absolute atomic E-state index is 13.2. The smallest absolute Gasteiger partial charge is 0.333 e. The van der Waals surface area contributed by atoms with Crippen molar-refractivity contribution in [3.05, 3.63) is 40.8 Å². The van der Waals surface area contributed by atoms with E-state index in [1.54, 1.807) is 9.13 Å². The SMILES string of the molecule is CC(CN1CCOCC1)NC(=O)Cn1c(=O)n(C2=CCCCC2)c2ccccc21. The Morgan fingerprint density at radius 1 is 1.17 bits per heavy atom. The van der Waals surface area contributed by atoms with E-state index in [0.717, 1.165) is 68.8 Å². The highest BCUT2D eigenvalue weighted by molar-refractivity contribution is 5.83. The maximum atomic E-state index is 13.2. The lowest BCUT2D eigenvalue weighted by molar-refractivity contribution is -0.122. The van der Waals surface area contributed by atoms with E-state index >= 15 is 0 Å². The maximum Gasteiger partial charge on any atom is 0.333 e. The molecule has 1 atom stereocenters. The van der Waals surface area contributed by atoms with Gasteiger partial charge >= 0.3 is 5.69 Å². The molecule has 0 spiro atoms. The minimum atomic E-state index is -0.131. The highest BCUT2D eigenvalue weighted by Crippen LogP contribution is 2.24. The van der Waals surface area contributed by atoms with Gasteiger partial charge in [-0.2, -0.15) is 0 Å². The summed E-state index contributed by atoms with van der Waals surface area (Å²) < 4.78 is 8.76. The molecule has 0 saturated carbocycles. The van der Waals surface area contributed by atoms with E-state index in [1.807, 2.05) is 31.2 Å². The summed E-state index contributed by atoms with van der Waals surface area (Å²) in [6.45, 7) is 6.10. The molecule has 1 aliphatic carbocycles. The van der Waals surface area contributed by atoms with Gasteiger partial charge in [-0.15, -0.1) is 0 Å². The highest BCUT2D eigenvalue weighted by Gasteiger charge is 2.20. The number of amides is 1. The number of aromatic nitrogens is 2. The zero-order chi connectivity index (χ0) is 20.2. The molecule has 29 heavy (non-hydrogen) atoms. The van der Waals surface area contributed by atoms with E-state index < -0.39 is 0 Å². The monoisotopic (exact) mass is 398 g/mol. The number of nitrogens with zero attached hydrogens (tertiary/aromatic N) is 3. The molecule has 1 unspecified atom stereocenters. The van der Waals surface area contributed by atoms with Gasteiger partial charge in [-0.3, -0.25) is 18.8 Å². The van der Waals surface area contributed by atoms with Crippen molar-refractivity contribution in [1.29, 1.82) is 0 Å². The van der Waals surface area contributed by atoms with Crippen LogP contribution in [0.25, 0.3) is 16.7 Å². The number of benzene rings is 1. The van der Waals surface area contributed by atoms with Gasteiger partial charge in [0.1, 0.15) is 6.54 Å². The molecule has 7 nitrogen and oxygen atoms in total. The van der Waals surface area contributed by atoms with Crippen molar-refractivity contribution in [2.24, 2.45) is 0 Å². The molecule has 1 N–H and O–H groups in total. The minimum absolute atomic E-state index is 0.0192. The normalized spacial score (nSPS) is 19.1. The van der Waals surface area contributed by atoms with Crippen LogP contribution >= 0.6 is 0 Å². The number of nitrogens with one attached hydrogen (secondary N) is 1. The summed E-state index contributed by atoms with van der Waals surface area (Å²) in [7, 11) is 0. The van der Waals surface area contributed by atoms with Crippen LogP contribution in [0.15, 0.2) is 35.1 Å². The quantitative estimate of drug-likeness (QED) is 0.809. The lowest BCUT2D eigenvalue weighted by Crippen LogP contribution is -2.47. The zero-order valence-electron chi connectivity index (χ0n) is 17.1. The van der Waals surface area contributed by atoms with Gasteiger partial charge in [0.05, 0.1) is 24.2 Å². The Labute approximate surface area is 170 Å². The summed E-state index contributed by atoms with van der Waals surface area (Å²) in [6, 6.07) is 7.75. The number of para-hydroxylation sites is 2. The first-order valence-corrected chi connectivity index (χ1v) is 10.6. The summed E-state index contributed by atoms with van der Waals surface area (Å²) in [5, 5.41) is 3.05. The molecule has 7 heteroatoms. The Morgan fingerprint density at radius 3 is 2.66 bits per heavy atom. The molecule has 0 radical (unpaired) electrons. The first-order chi connectivity index (χ1) is 14.1. The van der Waals surface area contributed by atoms with Crippen molar-refractivity contribution in [1.82, 2.24) is 19.4 Å². The Morgan fingerprint density at radius 2 is 1.93 bits per heavy atom. The molecule has 156 valence electrons. The first-order valence-electron chi connectivity index (χ1n) is 10.6. The van der Waals surface area contributed by atoms with Crippen molar-refractivity contribution in [2.75, 3.05) is 32.8 Å². The molecule has 1 aliphatic heterocycles. The number of carbonyl (C=O) groups excluding carboxylic acids is 1. The first kappa shape index (κ1) is 19.9. The molecule has 1 aromatic carbocycles. The van der Waals surface area contributed by atoms with Crippen LogP contribution in [0, 0.1) is 0 Å². The third-order valence-electron chi connectivity index (χ3n) is 5.73. The van der Waals surface area contributed by atoms with E-state index in [1.165, 1.54) is 6.42 Å². The number of allylic oxidation sites excluding steroid dienone is 2. The van der Waals surface area contributed by atoms with Crippen LogP contribution in [-0.2, 0) is 16.1 Å².